The first kappa shape index (κ1) is 19.2. The minimum atomic E-state index is -0.203. The van der Waals surface area contributed by atoms with Crippen LogP contribution in [-0.4, -0.2) is 33.9 Å². The first-order valence-corrected chi connectivity index (χ1v) is 10.0. The number of carbonyl (C=O) groups excluding carboxylic acids is 1. The molecule has 0 spiro atoms. The van der Waals surface area contributed by atoms with Crippen LogP contribution in [0.3, 0.4) is 0 Å². The van der Waals surface area contributed by atoms with Gasteiger partial charge in [-0.25, -0.2) is 4.39 Å². The molecule has 0 unspecified atom stereocenters. The Kier molecular flexibility index (Phi) is 5.94. The highest BCUT2D eigenvalue weighted by Crippen LogP contribution is 2.26. The first-order chi connectivity index (χ1) is 14.2. The second kappa shape index (κ2) is 8.95. The smallest absolute Gasteiger partial charge is 0.227 e. The number of halogens is 1. The van der Waals surface area contributed by atoms with Crippen molar-refractivity contribution in [1.29, 1.82) is 0 Å². The number of piperidine rings is 1. The molecule has 3 aromatic rings. The molecule has 29 heavy (non-hydrogen) atoms. The minimum Gasteiger partial charge on any atom is -0.342 e. The molecule has 1 aliphatic rings. The van der Waals surface area contributed by atoms with Crippen molar-refractivity contribution in [2.75, 3.05) is 13.1 Å². The van der Waals surface area contributed by atoms with Crippen LogP contribution < -0.4 is 0 Å². The molecular formula is C24H24FN3O. The summed E-state index contributed by atoms with van der Waals surface area (Å²) in [5.74, 6) is 0.152. The first-order valence-electron chi connectivity index (χ1n) is 10.0. The maximum absolute atomic E-state index is 14.0. The maximum Gasteiger partial charge on any atom is 0.227 e. The molecule has 1 saturated heterocycles. The Morgan fingerprint density at radius 2 is 1.90 bits per heavy atom. The largest absolute Gasteiger partial charge is 0.342 e. The molecule has 1 atom stereocenters. The van der Waals surface area contributed by atoms with Gasteiger partial charge in [0.05, 0.1) is 6.42 Å². The Morgan fingerprint density at radius 1 is 1.07 bits per heavy atom. The number of likely N-dealkylation sites (tertiary alicyclic amines) is 1. The molecule has 0 N–H and O–H groups in total. The van der Waals surface area contributed by atoms with Crippen LogP contribution in [0.15, 0.2) is 67.0 Å². The predicted molar refractivity (Wildman–Crippen MR) is 110 cm³/mol. The van der Waals surface area contributed by atoms with E-state index in [1.807, 2.05) is 41.3 Å². The Hall–Kier alpha value is -3.08. The summed E-state index contributed by atoms with van der Waals surface area (Å²) in [4.78, 5) is 23.5. The van der Waals surface area contributed by atoms with Gasteiger partial charge in [-0.15, -0.1) is 0 Å². The number of hydrogen-bond donors (Lipinski definition) is 0. The number of nitrogens with zero attached hydrogens (tertiary/aromatic N) is 3. The van der Waals surface area contributed by atoms with E-state index in [-0.39, 0.29) is 17.6 Å². The fraction of sp³-hybridized carbons (Fsp3) is 0.292. The SMILES string of the molecule is O=C(Cc1ccncc1)N1CCC[C@H](c2cccc(Cc3ccccc3F)n2)C1. The highest BCUT2D eigenvalue weighted by atomic mass is 19.1. The fourth-order valence-corrected chi connectivity index (χ4v) is 3.89. The summed E-state index contributed by atoms with van der Waals surface area (Å²) in [6, 6.07) is 16.5. The normalized spacial score (nSPS) is 16.6. The molecule has 1 aliphatic heterocycles. The third kappa shape index (κ3) is 4.86. The second-order valence-electron chi connectivity index (χ2n) is 7.53. The summed E-state index contributed by atoms with van der Waals surface area (Å²) in [5, 5.41) is 0. The molecule has 5 heteroatoms. The number of carbonyl (C=O) groups is 1. The van der Waals surface area contributed by atoms with E-state index >= 15 is 0 Å². The summed E-state index contributed by atoms with van der Waals surface area (Å²) >= 11 is 0. The van der Waals surface area contributed by atoms with Gasteiger partial charge >= 0.3 is 0 Å². The van der Waals surface area contributed by atoms with Gasteiger partial charge in [0.25, 0.3) is 0 Å². The van der Waals surface area contributed by atoms with Gasteiger partial charge in [-0.1, -0.05) is 24.3 Å². The van der Waals surface area contributed by atoms with Crippen LogP contribution >= 0.6 is 0 Å². The summed E-state index contributed by atoms with van der Waals surface area (Å²) in [7, 11) is 0. The quantitative estimate of drug-likeness (QED) is 0.658. The van der Waals surface area contributed by atoms with E-state index in [0.29, 0.717) is 24.9 Å². The van der Waals surface area contributed by atoms with Crippen LogP contribution in [0.4, 0.5) is 4.39 Å². The molecule has 1 aromatic carbocycles. The van der Waals surface area contributed by atoms with Crippen molar-refractivity contribution < 1.29 is 9.18 Å². The molecule has 0 saturated carbocycles. The van der Waals surface area contributed by atoms with Crippen molar-refractivity contribution in [1.82, 2.24) is 14.9 Å². The van der Waals surface area contributed by atoms with Gasteiger partial charge < -0.3 is 4.90 Å². The van der Waals surface area contributed by atoms with E-state index < -0.39 is 0 Å². The van der Waals surface area contributed by atoms with Crippen molar-refractivity contribution >= 4 is 5.91 Å². The van der Waals surface area contributed by atoms with Crippen LogP contribution in [-0.2, 0) is 17.6 Å². The third-order valence-electron chi connectivity index (χ3n) is 5.45. The fourth-order valence-electron chi connectivity index (χ4n) is 3.89. The average molecular weight is 389 g/mol. The monoisotopic (exact) mass is 389 g/mol. The Balaban J connectivity index is 1.44. The predicted octanol–water partition coefficient (Wildman–Crippen LogP) is 4.16. The zero-order valence-corrected chi connectivity index (χ0v) is 16.3. The lowest BCUT2D eigenvalue weighted by molar-refractivity contribution is -0.131. The van der Waals surface area contributed by atoms with E-state index in [1.54, 1.807) is 24.5 Å². The van der Waals surface area contributed by atoms with Gasteiger partial charge in [-0.2, -0.15) is 0 Å². The van der Waals surface area contributed by atoms with Gasteiger partial charge in [0.15, 0.2) is 0 Å². The molecule has 0 radical (unpaired) electrons. The van der Waals surface area contributed by atoms with Crippen LogP contribution in [0.1, 0.15) is 41.3 Å². The Morgan fingerprint density at radius 3 is 2.72 bits per heavy atom. The van der Waals surface area contributed by atoms with E-state index in [1.165, 1.54) is 6.07 Å². The zero-order valence-electron chi connectivity index (χ0n) is 16.3. The third-order valence-corrected chi connectivity index (χ3v) is 5.45. The van der Waals surface area contributed by atoms with Crippen molar-refractivity contribution in [3.63, 3.8) is 0 Å². The van der Waals surface area contributed by atoms with E-state index in [2.05, 4.69) is 4.98 Å². The van der Waals surface area contributed by atoms with E-state index in [9.17, 15) is 9.18 Å². The van der Waals surface area contributed by atoms with Crippen molar-refractivity contribution in [3.8, 4) is 0 Å². The van der Waals surface area contributed by atoms with Crippen LogP contribution in [0.25, 0.3) is 0 Å². The highest BCUT2D eigenvalue weighted by Gasteiger charge is 2.25. The lowest BCUT2D eigenvalue weighted by atomic mass is 9.93. The molecule has 4 nitrogen and oxygen atoms in total. The molecule has 1 amide bonds. The molecule has 0 bridgehead atoms. The van der Waals surface area contributed by atoms with E-state index in [0.717, 1.165) is 36.3 Å². The molecular weight excluding hydrogens is 365 g/mol. The number of benzene rings is 1. The molecule has 3 heterocycles. The van der Waals surface area contributed by atoms with Gasteiger partial charge in [0.2, 0.25) is 5.91 Å². The van der Waals surface area contributed by atoms with Crippen LogP contribution in [0, 0.1) is 5.82 Å². The summed E-state index contributed by atoms with van der Waals surface area (Å²) in [6.07, 6.45) is 6.27. The number of hydrogen-bond acceptors (Lipinski definition) is 3. The highest BCUT2D eigenvalue weighted by molar-refractivity contribution is 5.78. The van der Waals surface area contributed by atoms with Gasteiger partial charge in [0.1, 0.15) is 5.82 Å². The lowest BCUT2D eigenvalue weighted by Crippen LogP contribution is -2.40. The topological polar surface area (TPSA) is 46.1 Å². The summed E-state index contributed by atoms with van der Waals surface area (Å²) in [6.45, 7) is 1.47. The molecule has 1 fully saturated rings. The zero-order chi connectivity index (χ0) is 20.1. The van der Waals surface area contributed by atoms with Gasteiger partial charge in [-0.3, -0.25) is 14.8 Å². The summed E-state index contributed by atoms with van der Waals surface area (Å²) in [5.41, 5.74) is 3.47. The second-order valence-corrected chi connectivity index (χ2v) is 7.53. The Labute approximate surface area is 170 Å². The van der Waals surface area contributed by atoms with Crippen molar-refractivity contribution in [3.05, 3.63) is 95.3 Å². The van der Waals surface area contributed by atoms with Gasteiger partial charge in [0, 0.05) is 49.2 Å². The Bertz CT molecular complexity index is 977. The number of pyridine rings is 2. The number of amides is 1. The lowest BCUT2D eigenvalue weighted by Gasteiger charge is -2.32. The molecule has 148 valence electrons. The standard InChI is InChI=1S/C24H24FN3O/c25-22-8-2-1-5-19(22)16-21-7-3-9-23(27-21)20-6-4-14-28(17-20)24(29)15-18-10-12-26-13-11-18/h1-3,5,7-13,20H,4,6,14-17H2/t20-/m0/s1. The molecule has 4 rings (SSSR count). The van der Waals surface area contributed by atoms with E-state index in [4.69, 9.17) is 4.98 Å². The average Bonchev–Trinajstić information content (AvgIpc) is 2.76. The number of aromatic nitrogens is 2. The van der Waals surface area contributed by atoms with Crippen LogP contribution in [0.2, 0.25) is 0 Å². The summed E-state index contributed by atoms with van der Waals surface area (Å²) < 4.78 is 14.0. The molecule has 2 aromatic heterocycles. The number of rotatable bonds is 5. The van der Waals surface area contributed by atoms with Gasteiger partial charge in [-0.05, 0) is 54.3 Å². The minimum absolute atomic E-state index is 0.142. The van der Waals surface area contributed by atoms with Crippen molar-refractivity contribution in [2.24, 2.45) is 0 Å². The van der Waals surface area contributed by atoms with Crippen LogP contribution in [0.5, 0.6) is 0 Å². The molecule has 0 aliphatic carbocycles. The van der Waals surface area contributed by atoms with Crippen molar-refractivity contribution in [2.45, 2.75) is 31.6 Å². The maximum atomic E-state index is 14.0.